The summed E-state index contributed by atoms with van der Waals surface area (Å²) in [5, 5.41) is 2.90. The van der Waals surface area contributed by atoms with E-state index in [1.165, 1.54) is 42.2 Å². The molecule has 2 aliphatic carbocycles. The lowest BCUT2D eigenvalue weighted by Crippen LogP contribution is -2.53. The second kappa shape index (κ2) is 12.7. The number of rotatable bonds is 5. The number of halogens is 3. The van der Waals surface area contributed by atoms with E-state index in [-0.39, 0.29) is 60.1 Å². The number of hydrogen-bond donors (Lipinski definition) is 2. The molecule has 0 radical (unpaired) electrons. The Morgan fingerprint density at radius 1 is 1.04 bits per heavy atom. The van der Waals surface area contributed by atoms with Crippen molar-refractivity contribution in [2.24, 2.45) is 5.41 Å². The highest BCUT2D eigenvalue weighted by atomic mass is 32.2. The number of alkyl halides is 3. The van der Waals surface area contributed by atoms with Gasteiger partial charge in [-0.25, -0.2) is 18.1 Å². The van der Waals surface area contributed by atoms with Gasteiger partial charge in [0.2, 0.25) is 17.7 Å². The minimum Gasteiger partial charge on any atom is -0.475 e. The lowest BCUT2D eigenvalue weighted by atomic mass is 9.87. The molecule has 1 atom stereocenters. The van der Waals surface area contributed by atoms with Gasteiger partial charge < -0.3 is 15.0 Å². The highest BCUT2D eigenvalue weighted by molar-refractivity contribution is 7.92. The van der Waals surface area contributed by atoms with Crippen LogP contribution in [0.1, 0.15) is 73.4 Å². The first-order chi connectivity index (χ1) is 22.7. The zero-order valence-electron chi connectivity index (χ0n) is 26.9. The number of benzene rings is 2. The first-order valence-electron chi connectivity index (χ1n) is 16.0. The second-order valence-corrected chi connectivity index (χ2v) is 14.9. The Balaban J connectivity index is 1.47. The lowest BCUT2D eigenvalue weighted by molar-refractivity contribution is -0.193. The van der Waals surface area contributed by atoms with E-state index in [1.807, 2.05) is 32.0 Å². The van der Waals surface area contributed by atoms with Gasteiger partial charge >= 0.3 is 6.18 Å². The van der Waals surface area contributed by atoms with Crippen LogP contribution in [-0.4, -0.2) is 66.0 Å². The highest BCUT2D eigenvalue weighted by Crippen LogP contribution is 2.61. The summed E-state index contributed by atoms with van der Waals surface area (Å²) >= 11 is 0. The molecule has 0 spiro atoms. The maximum atomic E-state index is 14.5. The number of anilines is 1. The number of nitrogens with zero attached hydrogens (tertiary/aromatic N) is 3. The molecule has 0 saturated heterocycles. The molecule has 10 nitrogen and oxygen atoms in total. The molecule has 1 aliphatic heterocycles. The fourth-order valence-corrected chi connectivity index (χ4v) is 8.04. The van der Waals surface area contributed by atoms with E-state index in [2.05, 4.69) is 20.0 Å². The first-order valence-corrected chi connectivity index (χ1v) is 17.5. The number of amides is 2. The normalized spacial score (nSPS) is 23.4. The van der Waals surface area contributed by atoms with Crippen molar-refractivity contribution < 1.29 is 35.9 Å². The van der Waals surface area contributed by atoms with Gasteiger partial charge in [0.25, 0.3) is 15.9 Å². The zero-order valence-corrected chi connectivity index (χ0v) is 27.7. The van der Waals surface area contributed by atoms with Crippen molar-refractivity contribution in [2.75, 3.05) is 11.3 Å². The quantitative estimate of drug-likeness (QED) is 0.340. The van der Waals surface area contributed by atoms with Crippen LogP contribution in [0.3, 0.4) is 0 Å². The fourth-order valence-electron chi connectivity index (χ4n) is 7.06. The van der Waals surface area contributed by atoms with Crippen LogP contribution in [-0.2, 0) is 14.8 Å². The van der Waals surface area contributed by atoms with E-state index >= 15 is 0 Å². The zero-order chi connectivity index (χ0) is 34.4. The molecule has 1 aromatic heterocycles. The minimum atomic E-state index is -4.48. The Morgan fingerprint density at radius 3 is 2.33 bits per heavy atom. The summed E-state index contributed by atoms with van der Waals surface area (Å²) in [6.45, 7) is 4.88. The Kier molecular flexibility index (Phi) is 8.90. The number of aromatic nitrogens is 2. The molecule has 2 heterocycles. The molecule has 48 heavy (non-hydrogen) atoms. The molecule has 256 valence electrons. The topological polar surface area (TPSA) is 131 Å². The van der Waals surface area contributed by atoms with Crippen LogP contribution in [0.2, 0.25) is 0 Å². The van der Waals surface area contributed by atoms with Gasteiger partial charge in [0.15, 0.2) is 0 Å². The maximum absolute atomic E-state index is 14.5. The molecule has 3 aliphatic rings. The number of ether oxygens (including phenoxy) is 1. The molecular weight excluding hydrogens is 647 g/mol. The average Bonchev–Trinajstić information content (AvgIpc) is 3.81. The molecule has 2 fully saturated rings. The number of sulfonamides is 1. The monoisotopic (exact) mass is 685 g/mol. The molecule has 2 amide bonds. The molecule has 2 aromatic carbocycles. The van der Waals surface area contributed by atoms with E-state index in [9.17, 15) is 31.2 Å². The maximum Gasteiger partial charge on any atom is 0.394 e. The standard InChI is InChI=1S/C34H38F3N5O5S/c1-20-6-4-7-21(2)30(20)28-17-29-40-32(39-28)41-48(45,46)27-9-5-8-23(16-27)31(44)42(25-12-10-24(11-13-25)38-22(3)43)26(19-47-29)18-33(14-15-33)34(35,36)37/h4-9,16-17,24-26H,10-15,18-19H2,1-3H3,(H,38,43)(H,39,40,41)/t24?,25?,26-/m1/s1. The summed E-state index contributed by atoms with van der Waals surface area (Å²) in [6, 6.07) is 11.0. The van der Waals surface area contributed by atoms with E-state index < -0.39 is 39.6 Å². The summed E-state index contributed by atoms with van der Waals surface area (Å²) in [5.74, 6) is -1.09. The second-order valence-electron chi connectivity index (χ2n) is 13.2. The number of hydrogen-bond acceptors (Lipinski definition) is 7. The number of fused-ring (bicyclic) bond motifs is 4. The van der Waals surface area contributed by atoms with Crippen molar-refractivity contribution in [3.8, 4) is 17.1 Å². The van der Waals surface area contributed by atoms with Crippen LogP contribution in [0, 0.1) is 19.3 Å². The Hall–Kier alpha value is -4.20. The number of nitrogens with one attached hydrogen (secondary N) is 2. The van der Waals surface area contributed by atoms with Crippen LogP contribution in [0.25, 0.3) is 11.3 Å². The average molecular weight is 686 g/mol. The van der Waals surface area contributed by atoms with Gasteiger partial charge in [-0.05, 0) is 88.1 Å². The smallest absolute Gasteiger partial charge is 0.394 e. The van der Waals surface area contributed by atoms with Crippen molar-refractivity contribution in [2.45, 2.75) is 94.9 Å². The van der Waals surface area contributed by atoms with Crippen LogP contribution in [0.15, 0.2) is 53.4 Å². The molecule has 0 unspecified atom stereocenters. The van der Waals surface area contributed by atoms with Gasteiger partial charge in [-0.15, -0.1) is 0 Å². The first kappa shape index (κ1) is 33.7. The van der Waals surface area contributed by atoms with Crippen molar-refractivity contribution in [3.63, 3.8) is 0 Å². The van der Waals surface area contributed by atoms with Gasteiger partial charge in [0.1, 0.15) is 6.61 Å². The summed E-state index contributed by atoms with van der Waals surface area (Å²) in [4.78, 5) is 36.2. The van der Waals surface area contributed by atoms with Crippen molar-refractivity contribution >= 4 is 27.8 Å². The summed E-state index contributed by atoms with van der Waals surface area (Å²) < 4.78 is 79.2. The molecule has 6 rings (SSSR count). The Bertz CT molecular complexity index is 1820. The van der Waals surface area contributed by atoms with Crippen LogP contribution in [0.4, 0.5) is 19.1 Å². The van der Waals surface area contributed by atoms with Gasteiger partial charge in [0, 0.05) is 36.2 Å². The Morgan fingerprint density at radius 2 is 1.71 bits per heavy atom. The molecule has 4 bridgehead atoms. The van der Waals surface area contributed by atoms with E-state index in [4.69, 9.17) is 4.74 Å². The predicted molar refractivity (Wildman–Crippen MR) is 172 cm³/mol. The van der Waals surface area contributed by atoms with Gasteiger partial charge in [0.05, 0.1) is 22.0 Å². The third kappa shape index (κ3) is 6.85. The number of aryl methyl sites for hydroxylation is 2. The Labute approximate surface area is 277 Å². The molecule has 3 aromatic rings. The molecule has 2 saturated carbocycles. The summed E-state index contributed by atoms with van der Waals surface area (Å²) in [5.41, 5.74) is 0.885. The third-order valence-electron chi connectivity index (χ3n) is 9.69. The van der Waals surface area contributed by atoms with Gasteiger partial charge in [-0.1, -0.05) is 24.3 Å². The van der Waals surface area contributed by atoms with Crippen LogP contribution in [0.5, 0.6) is 5.88 Å². The van der Waals surface area contributed by atoms with Crippen LogP contribution >= 0.6 is 0 Å². The van der Waals surface area contributed by atoms with Crippen molar-refractivity contribution in [1.29, 1.82) is 0 Å². The van der Waals surface area contributed by atoms with Crippen molar-refractivity contribution in [3.05, 3.63) is 65.2 Å². The van der Waals surface area contributed by atoms with Gasteiger partial charge in [-0.3, -0.25) is 9.59 Å². The SMILES string of the molecule is CC(=O)NC1CCC(N2C(=O)c3cccc(c3)S(=O)(=O)Nc3nc(cc(-c4c(C)cccc4C)n3)OC[C@H]2CC2(C(F)(F)F)CC2)CC1. The summed E-state index contributed by atoms with van der Waals surface area (Å²) in [6.07, 6.45) is -3.07. The summed E-state index contributed by atoms with van der Waals surface area (Å²) in [7, 11) is -4.30. The third-order valence-corrected chi connectivity index (χ3v) is 11.0. The fraction of sp³-hybridized carbons (Fsp3) is 0.471. The molecule has 2 N–H and O–H groups in total. The van der Waals surface area contributed by atoms with Gasteiger partial charge in [-0.2, -0.15) is 18.2 Å². The number of carbonyl (C=O) groups is 2. The molecule has 14 heteroatoms. The lowest BCUT2D eigenvalue weighted by Gasteiger charge is -2.43. The number of carbonyl (C=O) groups excluding carboxylic acids is 2. The van der Waals surface area contributed by atoms with Crippen LogP contribution < -0.4 is 14.8 Å². The minimum absolute atomic E-state index is 0.0202. The van der Waals surface area contributed by atoms with E-state index in [0.717, 1.165) is 16.7 Å². The predicted octanol–water partition coefficient (Wildman–Crippen LogP) is 5.94. The highest BCUT2D eigenvalue weighted by Gasteiger charge is 2.64. The van der Waals surface area contributed by atoms with E-state index in [0.29, 0.717) is 31.4 Å². The van der Waals surface area contributed by atoms with E-state index in [1.54, 1.807) is 0 Å². The largest absolute Gasteiger partial charge is 0.475 e. The molecular formula is C34H38F3N5O5S. The van der Waals surface area contributed by atoms with Crippen molar-refractivity contribution in [1.82, 2.24) is 20.2 Å².